The lowest BCUT2D eigenvalue weighted by atomic mass is 9.93. The summed E-state index contributed by atoms with van der Waals surface area (Å²) in [6.45, 7) is 2.65. The number of carbonyl (C=O) groups is 1. The summed E-state index contributed by atoms with van der Waals surface area (Å²) >= 11 is 0. The number of carbonyl (C=O) groups excluding carboxylic acids is 1. The number of hydrogen-bond acceptors (Lipinski definition) is 2. The van der Waals surface area contributed by atoms with Gasteiger partial charge in [-0.1, -0.05) is 48.5 Å². The molecule has 0 bridgehead atoms. The van der Waals surface area contributed by atoms with Crippen LogP contribution in [0, 0.1) is 5.92 Å². The third-order valence-corrected chi connectivity index (χ3v) is 5.20. The highest BCUT2D eigenvalue weighted by molar-refractivity contribution is 5.84. The highest BCUT2D eigenvalue weighted by atomic mass is 16.1. The molecule has 4 rings (SSSR count). The molecule has 0 spiro atoms. The van der Waals surface area contributed by atoms with Crippen molar-refractivity contribution in [2.24, 2.45) is 5.92 Å². The minimum absolute atomic E-state index is 0.0251. The number of rotatable bonds is 6. The van der Waals surface area contributed by atoms with Gasteiger partial charge in [-0.15, -0.1) is 0 Å². The van der Waals surface area contributed by atoms with Gasteiger partial charge in [-0.05, 0) is 42.4 Å². The second-order valence-electron chi connectivity index (χ2n) is 6.88. The maximum atomic E-state index is 12.7. The maximum Gasteiger partial charge on any atom is 0.227 e. The summed E-state index contributed by atoms with van der Waals surface area (Å²) in [4.78, 5) is 15.1. The van der Waals surface area contributed by atoms with Gasteiger partial charge in [-0.25, -0.2) is 0 Å². The van der Waals surface area contributed by atoms with Crippen LogP contribution < -0.4 is 10.2 Å². The van der Waals surface area contributed by atoms with Gasteiger partial charge in [0.25, 0.3) is 0 Å². The van der Waals surface area contributed by atoms with E-state index < -0.39 is 0 Å². The zero-order valence-corrected chi connectivity index (χ0v) is 13.9. The van der Waals surface area contributed by atoms with Gasteiger partial charge in [-0.3, -0.25) is 4.79 Å². The Morgan fingerprint density at radius 3 is 2.62 bits per heavy atom. The highest BCUT2D eigenvalue weighted by Gasteiger charge is 2.37. The van der Waals surface area contributed by atoms with Crippen LogP contribution in [0.4, 0.5) is 5.69 Å². The minimum Gasteiger partial charge on any atom is -0.369 e. The molecule has 2 aromatic carbocycles. The first-order valence-corrected chi connectivity index (χ1v) is 8.98. The zero-order chi connectivity index (χ0) is 16.4. The van der Waals surface area contributed by atoms with Gasteiger partial charge in [0.15, 0.2) is 0 Å². The molecule has 3 heteroatoms. The molecule has 3 nitrogen and oxygen atoms in total. The Balaban J connectivity index is 1.35. The second kappa shape index (κ2) is 6.68. The summed E-state index contributed by atoms with van der Waals surface area (Å²) in [5.41, 5.74) is 3.90. The fourth-order valence-corrected chi connectivity index (χ4v) is 3.79. The molecule has 1 heterocycles. The second-order valence-corrected chi connectivity index (χ2v) is 6.88. The number of para-hydroxylation sites is 1. The van der Waals surface area contributed by atoms with Crippen molar-refractivity contribution in [2.75, 3.05) is 24.5 Å². The molecule has 124 valence electrons. The molecule has 1 aliphatic carbocycles. The van der Waals surface area contributed by atoms with Crippen molar-refractivity contribution >= 4 is 11.6 Å². The van der Waals surface area contributed by atoms with E-state index in [1.165, 1.54) is 24.1 Å². The van der Waals surface area contributed by atoms with Crippen molar-refractivity contribution < 1.29 is 4.79 Å². The largest absolute Gasteiger partial charge is 0.369 e. The molecule has 2 aromatic rings. The molecule has 0 saturated heterocycles. The zero-order valence-electron chi connectivity index (χ0n) is 13.9. The molecule has 1 aliphatic heterocycles. The highest BCUT2D eigenvalue weighted by Crippen LogP contribution is 2.42. The van der Waals surface area contributed by atoms with Gasteiger partial charge in [0.05, 0.1) is 5.92 Å². The van der Waals surface area contributed by atoms with Crippen molar-refractivity contribution in [3.05, 3.63) is 65.7 Å². The molecule has 1 amide bonds. The first-order chi connectivity index (χ1) is 11.8. The Morgan fingerprint density at radius 1 is 1.08 bits per heavy atom. The van der Waals surface area contributed by atoms with E-state index in [1.54, 1.807) is 0 Å². The number of benzene rings is 2. The first-order valence-electron chi connectivity index (χ1n) is 8.98. The van der Waals surface area contributed by atoms with Crippen LogP contribution in [0.3, 0.4) is 0 Å². The third kappa shape index (κ3) is 3.16. The summed E-state index contributed by atoms with van der Waals surface area (Å²) in [6.07, 6.45) is 3.46. The van der Waals surface area contributed by atoms with Crippen molar-refractivity contribution in [3.8, 4) is 0 Å². The van der Waals surface area contributed by atoms with E-state index in [-0.39, 0.29) is 11.8 Å². The minimum atomic E-state index is 0.0251. The number of fused-ring (bicyclic) bond motifs is 1. The third-order valence-electron chi connectivity index (χ3n) is 5.20. The molecule has 1 atom stereocenters. The fourth-order valence-electron chi connectivity index (χ4n) is 3.79. The fraction of sp³-hybridized carbons (Fsp3) is 0.381. The van der Waals surface area contributed by atoms with Crippen LogP contribution in [-0.2, 0) is 11.2 Å². The van der Waals surface area contributed by atoms with Gasteiger partial charge >= 0.3 is 0 Å². The molecule has 24 heavy (non-hydrogen) atoms. The van der Waals surface area contributed by atoms with Crippen LogP contribution in [0.5, 0.6) is 0 Å². The predicted molar refractivity (Wildman–Crippen MR) is 97.3 cm³/mol. The van der Waals surface area contributed by atoms with Crippen molar-refractivity contribution in [3.63, 3.8) is 0 Å². The first kappa shape index (κ1) is 15.3. The number of hydrogen-bond donors (Lipinski definition) is 1. The van der Waals surface area contributed by atoms with Gasteiger partial charge in [0.1, 0.15) is 0 Å². The van der Waals surface area contributed by atoms with Crippen molar-refractivity contribution in [1.82, 2.24) is 5.32 Å². The van der Waals surface area contributed by atoms with Crippen molar-refractivity contribution in [2.45, 2.75) is 25.2 Å². The Morgan fingerprint density at radius 2 is 1.83 bits per heavy atom. The summed E-state index contributed by atoms with van der Waals surface area (Å²) in [5.74, 6) is 0.744. The van der Waals surface area contributed by atoms with E-state index in [2.05, 4.69) is 46.6 Å². The van der Waals surface area contributed by atoms with E-state index in [0.717, 1.165) is 25.1 Å². The number of nitrogens with one attached hydrogen (secondary N) is 1. The average molecular weight is 320 g/mol. The maximum absolute atomic E-state index is 12.7. The lowest BCUT2D eigenvalue weighted by Gasteiger charge is -2.21. The van der Waals surface area contributed by atoms with Crippen LogP contribution in [0.2, 0.25) is 0 Å². The Hall–Kier alpha value is -2.29. The van der Waals surface area contributed by atoms with Crippen LogP contribution in [-0.4, -0.2) is 25.5 Å². The Bertz CT molecular complexity index is 709. The number of anilines is 1. The topological polar surface area (TPSA) is 32.3 Å². The molecule has 0 radical (unpaired) electrons. The SMILES string of the molecule is O=C(NCCN1CCc2ccccc21)C(c1ccccc1)C1CC1. The Labute approximate surface area is 143 Å². The quantitative estimate of drug-likeness (QED) is 0.885. The summed E-state index contributed by atoms with van der Waals surface area (Å²) in [5, 5.41) is 3.18. The smallest absolute Gasteiger partial charge is 0.227 e. The number of amides is 1. The standard InChI is InChI=1S/C21H24N2O/c24-21(20(18-10-11-18)17-7-2-1-3-8-17)22-13-15-23-14-12-16-6-4-5-9-19(16)23/h1-9,18,20H,10-15H2,(H,22,24). The average Bonchev–Trinajstić information content (AvgIpc) is 3.36. The molecule has 2 aliphatic rings. The molecular weight excluding hydrogens is 296 g/mol. The molecule has 1 N–H and O–H groups in total. The summed E-state index contributed by atoms with van der Waals surface area (Å²) in [6, 6.07) is 18.8. The van der Waals surface area contributed by atoms with Crippen LogP contribution in [0.15, 0.2) is 54.6 Å². The molecule has 0 aromatic heterocycles. The van der Waals surface area contributed by atoms with Crippen LogP contribution in [0.1, 0.15) is 29.9 Å². The van der Waals surface area contributed by atoms with E-state index in [1.807, 2.05) is 18.2 Å². The molecule has 1 fully saturated rings. The van der Waals surface area contributed by atoms with E-state index in [0.29, 0.717) is 12.5 Å². The van der Waals surface area contributed by atoms with Gasteiger partial charge in [0.2, 0.25) is 5.91 Å². The Kier molecular flexibility index (Phi) is 4.24. The lowest BCUT2D eigenvalue weighted by Crippen LogP contribution is -2.37. The monoisotopic (exact) mass is 320 g/mol. The predicted octanol–water partition coefficient (Wildman–Crippen LogP) is 3.36. The van der Waals surface area contributed by atoms with Crippen molar-refractivity contribution in [1.29, 1.82) is 0 Å². The van der Waals surface area contributed by atoms with Gasteiger partial charge in [-0.2, -0.15) is 0 Å². The van der Waals surface area contributed by atoms with Gasteiger partial charge in [0, 0.05) is 25.3 Å². The number of nitrogens with zero attached hydrogens (tertiary/aromatic N) is 1. The van der Waals surface area contributed by atoms with Gasteiger partial charge < -0.3 is 10.2 Å². The van der Waals surface area contributed by atoms with E-state index in [9.17, 15) is 4.79 Å². The van der Waals surface area contributed by atoms with Crippen LogP contribution in [0.25, 0.3) is 0 Å². The van der Waals surface area contributed by atoms with E-state index >= 15 is 0 Å². The summed E-state index contributed by atoms with van der Waals surface area (Å²) in [7, 11) is 0. The molecular formula is C21H24N2O. The normalized spacial score (nSPS) is 17.4. The van der Waals surface area contributed by atoms with Crippen LogP contribution >= 0.6 is 0 Å². The molecule has 1 unspecified atom stereocenters. The lowest BCUT2D eigenvalue weighted by molar-refractivity contribution is -0.122. The molecule has 1 saturated carbocycles. The summed E-state index contributed by atoms with van der Waals surface area (Å²) < 4.78 is 0. The van der Waals surface area contributed by atoms with E-state index in [4.69, 9.17) is 0 Å².